The van der Waals surface area contributed by atoms with E-state index >= 15 is 0 Å². The van der Waals surface area contributed by atoms with E-state index in [-0.39, 0.29) is 0 Å². The molecule has 0 aliphatic heterocycles. The molecule has 0 radical (unpaired) electrons. The Hall–Kier alpha value is -0.780. The third-order valence-corrected chi connectivity index (χ3v) is 2.45. The van der Waals surface area contributed by atoms with Crippen molar-refractivity contribution in [2.45, 2.75) is 73.6 Å². The fourth-order valence-electron chi connectivity index (χ4n) is 1.43. The zero-order chi connectivity index (χ0) is 13.5. The molecule has 0 aromatic heterocycles. The molecule has 1 aromatic carbocycles. The monoisotopic (exact) mass is 236 g/mol. The Morgan fingerprint density at radius 1 is 0.882 bits per heavy atom. The minimum atomic E-state index is 1.14. The van der Waals surface area contributed by atoms with E-state index in [1.165, 1.54) is 36.8 Å². The molecular weight excluding hydrogens is 204 g/mol. The summed E-state index contributed by atoms with van der Waals surface area (Å²) in [6.45, 7) is 12.8. The summed E-state index contributed by atoms with van der Waals surface area (Å²) >= 11 is 0. The highest BCUT2D eigenvalue weighted by Gasteiger charge is 1.85. The van der Waals surface area contributed by atoms with Gasteiger partial charge >= 0.3 is 0 Å². The molecule has 100 valence electrons. The van der Waals surface area contributed by atoms with Gasteiger partial charge in [-0.05, 0) is 18.9 Å². The van der Waals surface area contributed by atoms with Gasteiger partial charge in [0.05, 0.1) is 0 Å². The number of aryl methyl sites for hydroxylation is 2. The Morgan fingerprint density at radius 2 is 1.41 bits per heavy atom. The van der Waals surface area contributed by atoms with E-state index in [2.05, 4.69) is 52.0 Å². The molecule has 0 amide bonds. The third kappa shape index (κ3) is 13.2. The highest BCUT2D eigenvalue weighted by molar-refractivity contribution is 5.21. The molecule has 0 fully saturated rings. The van der Waals surface area contributed by atoms with Gasteiger partial charge in [0.1, 0.15) is 0 Å². The average molecular weight is 236 g/mol. The predicted octanol–water partition coefficient (Wildman–Crippen LogP) is 6.17. The molecule has 0 heteroatoms. The first kappa shape index (κ1) is 18.6. The van der Waals surface area contributed by atoms with Crippen molar-refractivity contribution in [3.8, 4) is 0 Å². The second kappa shape index (κ2) is 15.2. The fourth-order valence-corrected chi connectivity index (χ4v) is 1.43. The van der Waals surface area contributed by atoms with Crippen LogP contribution in [-0.4, -0.2) is 0 Å². The van der Waals surface area contributed by atoms with Crippen LogP contribution in [0.4, 0.5) is 0 Å². The van der Waals surface area contributed by atoms with E-state index < -0.39 is 0 Å². The molecule has 0 aliphatic rings. The number of rotatable bonds is 4. The molecule has 0 aliphatic carbocycles. The van der Waals surface area contributed by atoms with Gasteiger partial charge in [0.15, 0.2) is 0 Å². The quantitative estimate of drug-likeness (QED) is 0.548. The molecular formula is C17H32. The van der Waals surface area contributed by atoms with E-state index in [1.807, 2.05) is 13.8 Å². The summed E-state index contributed by atoms with van der Waals surface area (Å²) in [6.07, 6.45) is 6.68. The summed E-state index contributed by atoms with van der Waals surface area (Å²) in [5.41, 5.74) is 2.78. The van der Waals surface area contributed by atoms with E-state index in [0.717, 1.165) is 6.42 Å². The molecule has 0 unspecified atom stereocenters. The molecule has 0 bridgehead atoms. The van der Waals surface area contributed by atoms with Crippen molar-refractivity contribution in [1.29, 1.82) is 0 Å². The van der Waals surface area contributed by atoms with Gasteiger partial charge in [0.2, 0.25) is 0 Å². The van der Waals surface area contributed by atoms with Gasteiger partial charge in [-0.3, -0.25) is 0 Å². The molecule has 0 atom stereocenters. The van der Waals surface area contributed by atoms with Crippen molar-refractivity contribution in [2.24, 2.45) is 0 Å². The summed E-state index contributed by atoms with van der Waals surface area (Å²) in [5.74, 6) is 0. The maximum Gasteiger partial charge on any atom is -0.0307 e. The molecule has 17 heavy (non-hydrogen) atoms. The zero-order valence-corrected chi connectivity index (χ0v) is 12.8. The Labute approximate surface area is 109 Å². The maximum atomic E-state index is 2.23. The first-order chi connectivity index (χ1) is 8.24. The summed E-state index contributed by atoms with van der Waals surface area (Å²) in [7, 11) is 0. The van der Waals surface area contributed by atoms with Crippen molar-refractivity contribution in [3.63, 3.8) is 0 Å². The van der Waals surface area contributed by atoms with Gasteiger partial charge in [-0.25, -0.2) is 0 Å². The Bertz CT molecular complexity index is 234. The summed E-state index contributed by atoms with van der Waals surface area (Å²) in [6, 6.07) is 8.61. The van der Waals surface area contributed by atoms with Crippen LogP contribution >= 0.6 is 0 Å². The van der Waals surface area contributed by atoms with Crippen LogP contribution in [0, 0.1) is 6.92 Å². The number of benzene rings is 1. The molecule has 0 heterocycles. The van der Waals surface area contributed by atoms with Crippen molar-refractivity contribution in [2.75, 3.05) is 0 Å². The standard InChI is InChI=1S/C9H12.C6H14.C2H6/c1-3-9-6-4-5-8(2)7-9;1-3-5-6-4-2;1-2/h4-7H,3H2,1-2H3;3-6H2,1-2H3;1-2H3. The van der Waals surface area contributed by atoms with Gasteiger partial charge in [0, 0.05) is 0 Å². The summed E-state index contributed by atoms with van der Waals surface area (Å²) in [5, 5.41) is 0. The van der Waals surface area contributed by atoms with E-state index in [1.54, 1.807) is 0 Å². The van der Waals surface area contributed by atoms with Gasteiger partial charge < -0.3 is 0 Å². The van der Waals surface area contributed by atoms with Crippen LogP contribution in [0.3, 0.4) is 0 Å². The summed E-state index contributed by atoms with van der Waals surface area (Å²) < 4.78 is 0. The molecule has 0 nitrogen and oxygen atoms in total. The van der Waals surface area contributed by atoms with Crippen LogP contribution in [0.15, 0.2) is 24.3 Å². The van der Waals surface area contributed by atoms with E-state index in [4.69, 9.17) is 0 Å². The maximum absolute atomic E-state index is 2.23. The first-order valence-electron chi connectivity index (χ1n) is 7.30. The zero-order valence-electron chi connectivity index (χ0n) is 12.8. The highest BCUT2D eigenvalue weighted by atomic mass is 13.9. The van der Waals surface area contributed by atoms with Crippen molar-refractivity contribution < 1.29 is 0 Å². The second-order valence-corrected chi connectivity index (χ2v) is 4.05. The molecule has 0 spiro atoms. The summed E-state index contributed by atoms with van der Waals surface area (Å²) in [4.78, 5) is 0. The molecule has 0 saturated heterocycles. The topological polar surface area (TPSA) is 0 Å². The smallest absolute Gasteiger partial charge is 0.0307 e. The number of hydrogen-bond acceptors (Lipinski definition) is 0. The third-order valence-electron chi connectivity index (χ3n) is 2.45. The first-order valence-corrected chi connectivity index (χ1v) is 7.30. The predicted molar refractivity (Wildman–Crippen MR) is 81.7 cm³/mol. The minimum absolute atomic E-state index is 1.14. The average Bonchev–Trinajstić information content (AvgIpc) is 2.39. The minimum Gasteiger partial charge on any atom is -0.0683 e. The Balaban J connectivity index is 0. The Kier molecular flexibility index (Phi) is 16.6. The van der Waals surface area contributed by atoms with Crippen LogP contribution in [0.25, 0.3) is 0 Å². The van der Waals surface area contributed by atoms with E-state index in [0.29, 0.717) is 0 Å². The van der Waals surface area contributed by atoms with Crippen LogP contribution in [0.2, 0.25) is 0 Å². The van der Waals surface area contributed by atoms with E-state index in [9.17, 15) is 0 Å². The second-order valence-electron chi connectivity index (χ2n) is 4.05. The van der Waals surface area contributed by atoms with Crippen molar-refractivity contribution in [3.05, 3.63) is 35.4 Å². The van der Waals surface area contributed by atoms with Crippen LogP contribution in [0.1, 0.15) is 71.4 Å². The Morgan fingerprint density at radius 3 is 1.71 bits per heavy atom. The van der Waals surface area contributed by atoms with Crippen LogP contribution in [-0.2, 0) is 6.42 Å². The normalized spacial score (nSPS) is 8.59. The molecule has 1 aromatic rings. The lowest BCUT2D eigenvalue weighted by Gasteiger charge is -1.95. The van der Waals surface area contributed by atoms with Gasteiger partial charge in [-0.2, -0.15) is 0 Å². The number of hydrogen-bond donors (Lipinski definition) is 0. The molecule has 0 N–H and O–H groups in total. The highest BCUT2D eigenvalue weighted by Crippen LogP contribution is 2.03. The fraction of sp³-hybridized carbons (Fsp3) is 0.647. The van der Waals surface area contributed by atoms with Gasteiger partial charge in [-0.1, -0.05) is 90.1 Å². The van der Waals surface area contributed by atoms with Crippen molar-refractivity contribution in [1.82, 2.24) is 0 Å². The lowest BCUT2D eigenvalue weighted by molar-refractivity contribution is 0.702. The number of unbranched alkanes of at least 4 members (excludes halogenated alkanes) is 3. The van der Waals surface area contributed by atoms with Crippen LogP contribution < -0.4 is 0 Å². The SMILES string of the molecule is CC.CCCCCC.CCc1cccc(C)c1. The van der Waals surface area contributed by atoms with Crippen LogP contribution in [0.5, 0.6) is 0 Å². The van der Waals surface area contributed by atoms with Gasteiger partial charge in [0.25, 0.3) is 0 Å². The van der Waals surface area contributed by atoms with Gasteiger partial charge in [-0.15, -0.1) is 0 Å². The lowest BCUT2D eigenvalue weighted by Crippen LogP contribution is -1.78. The molecule has 1 rings (SSSR count). The largest absolute Gasteiger partial charge is 0.0683 e. The van der Waals surface area contributed by atoms with Crippen molar-refractivity contribution >= 4 is 0 Å². The lowest BCUT2D eigenvalue weighted by atomic mass is 10.1. The molecule has 0 saturated carbocycles.